The fraction of sp³-hybridized carbons (Fsp3) is 0.360. The summed E-state index contributed by atoms with van der Waals surface area (Å²) in [6.07, 6.45) is 7.40. The maximum absolute atomic E-state index is 13.3. The number of aliphatic carboxylic acids is 1. The molecule has 0 aliphatic carbocycles. The van der Waals surface area contributed by atoms with E-state index in [0.717, 1.165) is 18.2 Å². The lowest BCUT2D eigenvalue weighted by Crippen LogP contribution is -2.13. The van der Waals surface area contributed by atoms with Crippen LogP contribution in [0.1, 0.15) is 78.1 Å². The van der Waals surface area contributed by atoms with E-state index in [1.165, 1.54) is 31.1 Å². The Hall–Kier alpha value is -2.88. The number of furan rings is 1. The summed E-state index contributed by atoms with van der Waals surface area (Å²) >= 11 is 0. The highest BCUT2D eigenvalue weighted by atomic mass is 16.4. The normalized spacial score (nSPS) is 12.2. The second-order valence-corrected chi connectivity index (χ2v) is 7.70. The van der Waals surface area contributed by atoms with Crippen molar-refractivity contribution in [1.29, 1.82) is 0 Å². The summed E-state index contributed by atoms with van der Waals surface area (Å²) in [6, 6.07) is 11.3. The summed E-state index contributed by atoms with van der Waals surface area (Å²) in [5, 5.41) is 10.2. The van der Waals surface area contributed by atoms with Gasteiger partial charge in [-0.1, -0.05) is 50.5 Å². The summed E-state index contributed by atoms with van der Waals surface area (Å²) in [5.74, 6) is -1.76. The third-order valence-corrected chi connectivity index (χ3v) is 5.64. The van der Waals surface area contributed by atoms with Crippen molar-refractivity contribution in [3.63, 3.8) is 0 Å². The van der Waals surface area contributed by atoms with Crippen LogP contribution in [-0.2, 0) is 11.2 Å². The number of carboxylic acids is 1. The van der Waals surface area contributed by atoms with E-state index in [-0.39, 0.29) is 5.78 Å². The molecule has 152 valence electrons. The van der Waals surface area contributed by atoms with Crippen LogP contribution in [0.25, 0.3) is 11.0 Å². The lowest BCUT2D eigenvalue weighted by atomic mass is 9.88. The number of fused-ring (bicyclic) bond motifs is 1. The Morgan fingerprint density at radius 1 is 1.07 bits per heavy atom. The molecule has 29 heavy (non-hydrogen) atoms. The number of carbonyl (C=O) groups is 2. The molecule has 0 spiro atoms. The van der Waals surface area contributed by atoms with E-state index in [0.29, 0.717) is 27.8 Å². The number of ketones is 1. The quantitative estimate of drug-likeness (QED) is 0.343. The van der Waals surface area contributed by atoms with Gasteiger partial charge in [0, 0.05) is 10.9 Å². The molecule has 0 radical (unpaired) electrons. The molecule has 3 aromatic rings. The predicted molar refractivity (Wildman–Crippen MR) is 115 cm³/mol. The molecule has 4 heteroatoms. The molecule has 1 atom stereocenters. The molecule has 4 nitrogen and oxygen atoms in total. The molecule has 1 N–H and O–H groups in total. The topological polar surface area (TPSA) is 67.5 Å². The molecule has 0 amide bonds. The molecule has 1 aromatic heterocycles. The van der Waals surface area contributed by atoms with Gasteiger partial charge in [-0.3, -0.25) is 9.59 Å². The highest BCUT2D eigenvalue weighted by Crippen LogP contribution is 2.32. The van der Waals surface area contributed by atoms with E-state index in [1.54, 1.807) is 19.9 Å². The standard InChI is InChI=1S/C25H28O4/c1-4-5-6-7-8-18-9-11-19(12-10-18)23(26)22-16(2)21(17(3)25(27)28)15-20-13-14-29-24(20)22/h9-15,17H,4-8H2,1-3H3,(H,27,28). The Morgan fingerprint density at radius 3 is 2.45 bits per heavy atom. The smallest absolute Gasteiger partial charge is 0.310 e. The van der Waals surface area contributed by atoms with Gasteiger partial charge in [-0.15, -0.1) is 0 Å². The van der Waals surface area contributed by atoms with Crippen LogP contribution < -0.4 is 0 Å². The number of aryl methyl sites for hydroxylation is 1. The van der Waals surface area contributed by atoms with Crippen LogP contribution in [0.3, 0.4) is 0 Å². The van der Waals surface area contributed by atoms with Crippen molar-refractivity contribution >= 4 is 22.7 Å². The highest BCUT2D eigenvalue weighted by molar-refractivity contribution is 6.16. The summed E-state index contributed by atoms with van der Waals surface area (Å²) in [4.78, 5) is 24.9. The molecule has 0 saturated carbocycles. The fourth-order valence-corrected chi connectivity index (χ4v) is 3.81. The van der Waals surface area contributed by atoms with Crippen LogP contribution in [0.5, 0.6) is 0 Å². The van der Waals surface area contributed by atoms with Crippen molar-refractivity contribution in [2.45, 2.75) is 58.8 Å². The summed E-state index contributed by atoms with van der Waals surface area (Å²) < 4.78 is 5.60. The highest BCUT2D eigenvalue weighted by Gasteiger charge is 2.25. The van der Waals surface area contributed by atoms with E-state index >= 15 is 0 Å². The third-order valence-electron chi connectivity index (χ3n) is 5.64. The van der Waals surface area contributed by atoms with E-state index in [1.807, 2.05) is 30.3 Å². The molecular formula is C25H28O4. The van der Waals surface area contributed by atoms with Crippen LogP contribution in [0, 0.1) is 6.92 Å². The monoisotopic (exact) mass is 392 g/mol. The maximum atomic E-state index is 13.3. The van der Waals surface area contributed by atoms with Gasteiger partial charge >= 0.3 is 5.97 Å². The molecule has 0 fully saturated rings. The van der Waals surface area contributed by atoms with Gasteiger partial charge in [0.2, 0.25) is 0 Å². The van der Waals surface area contributed by atoms with Crippen molar-refractivity contribution < 1.29 is 19.1 Å². The Labute approximate surface area is 171 Å². The fourth-order valence-electron chi connectivity index (χ4n) is 3.81. The lowest BCUT2D eigenvalue weighted by Gasteiger charge is -2.15. The zero-order valence-corrected chi connectivity index (χ0v) is 17.3. The van der Waals surface area contributed by atoms with Crippen LogP contribution >= 0.6 is 0 Å². The van der Waals surface area contributed by atoms with Gasteiger partial charge < -0.3 is 9.52 Å². The van der Waals surface area contributed by atoms with Crippen LogP contribution in [-0.4, -0.2) is 16.9 Å². The van der Waals surface area contributed by atoms with Gasteiger partial charge in [-0.2, -0.15) is 0 Å². The molecule has 1 heterocycles. The van der Waals surface area contributed by atoms with Crippen molar-refractivity contribution in [3.05, 3.63) is 70.5 Å². The Balaban J connectivity index is 1.93. The van der Waals surface area contributed by atoms with E-state index in [9.17, 15) is 14.7 Å². The minimum atomic E-state index is -0.915. The molecule has 2 aromatic carbocycles. The van der Waals surface area contributed by atoms with Gasteiger partial charge in [0.05, 0.1) is 17.7 Å². The Bertz CT molecular complexity index is 1010. The van der Waals surface area contributed by atoms with Gasteiger partial charge in [-0.25, -0.2) is 0 Å². The summed E-state index contributed by atoms with van der Waals surface area (Å²) in [7, 11) is 0. The zero-order chi connectivity index (χ0) is 21.0. The van der Waals surface area contributed by atoms with E-state index in [4.69, 9.17) is 4.42 Å². The van der Waals surface area contributed by atoms with Crippen LogP contribution in [0.4, 0.5) is 0 Å². The van der Waals surface area contributed by atoms with Crippen LogP contribution in [0.15, 0.2) is 47.1 Å². The first kappa shape index (κ1) is 20.8. The molecule has 0 aliphatic heterocycles. The number of unbranched alkanes of at least 4 members (excludes halogenated alkanes) is 3. The van der Waals surface area contributed by atoms with Crippen molar-refractivity contribution in [3.8, 4) is 0 Å². The number of carbonyl (C=O) groups excluding carboxylic acids is 1. The lowest BCUT2D eigenvalue weighted by molar-refractivity contribution is -0.138. The second-order valence-electron chi connectivity index (χ2n) is 7.70. The van der Waals surface area contributed by atoms with E-state index < -0.39 is 11.9 Å². The molecule has 1 unspecified atom stereocenters. The van der Waals surface area contributed by atoms with Gasteiger partial charge in [0.25, 0.3) is 0 Å². The SMILES string of the molecule is CCCCCCc1ccc(C(=O)c2c(C)c(C(C)C(=O)O)cc3ccoc23)cc1. The third kappa shape index (κ3) is 4.42. The zero-order valence-electron chi connectivity index (χ0n) is 17.3. The number of carboxylic acid groups (broad SMARTS) is 1. The predicted octanol–water partition coefficient (Wildman–Crippen LogP) is 6.28. The number of hydrogen-bond donors (Lipinski definition) is 1. The summed E-state index contributed by atoms with van der Waals surface area (Å²) in [5.41, 5.74) is 4.08. The minimum Gasteiger partial charge on any atom is -0.481 e. The van der Waals surface area contributed by atoms with Crippen molar-refractivity contribution in [2.24, 2.45) is 0 Å². The molecule has 3 rings (SSSR count). The molecule has 0 aliphatic rings. The van der Waals surface area contributed by atoms with Crippen molar-refractivity contribution in [1.82, 2.24) is 0 Å². The molecule has 0 bridgehead atoms. The average Bonchev–Trinajstić information content (AvgIpc) is 3.18. The second kappa shape index (κ2) is 9.08. The summed E-state index contributed by atoms with van der Waals surface area (Å²) in [6.45, 7) is 5.63. The maximum Gasteiger partial charge on any atom is 0.310 e. The Morgan fingerprint density at radius 2 is 1.79 bits per heavy atom. The number of hydrogen-bond acceptors (Lipinski definition) is 3. The minimum absolute atomic E-state index is 0.139. The van der Waals surface area contributed by atoms with Gasteiger partial charge in [0.1, 0.15) is 5.58 Å². The number of benzene rings is 2. The Kier molecular flexibility index (Phi) is 6.53. The van der Waals surface area contributed by atoms with Crippen LogP contribution in [0.2, 0.25) is 0 Å². The first-order valence-corrected chi connectivity index (χ1v) is 10.3. The first-order chi connectivity index (χ1) is 13.9. The van der Waals surface area contributed by atoms with E-state index in [2.05, 4.69) is 6.92 Å². The first-order valence-electron chi connectivity index (χ1n) is 10.3. The largest absolute Gasteiger partial charge is 0.481 e. The molecular weight excluding hydrogens is 364 g/mol. The van der Waals surface area contributed by atoms with Gasteiger partial charge in [0.15, 0.2) is 5.78 Å². The van der Waals surface area contributed by atoms with Gasteiger partial charge in [-0.05, 0) is 55.5 Å². The average molecular weight is 392 g/mol. The van der Waals surface area contributed by atoms with Crippen molar-refractivity contribution in [2.75, 3.05) is 0 Å². The number of rotatable bonds is 9. The molecule has 0 saturated heterocycles.